The Balaban J connectivity index is 0.00000127. The van der Waals surface area contributed by atoms with Crippen molar-refractivity contribution in [3.8, 4) is 22.8 Å². The van der Waals surface area contributed by atoms with Crippen LogP contribution in [0.3, 0.4) is 0 Å². The molecule has 0 saturated heterocycles. The van der Waals surface area contributed by atoms with E-state index in [-0.39, 0.29) is 18.7 Å². The zero-order valence-corrected chi connectivity index (χ0v) is 21.8. The molecule has 9 nitrogen and oxygen atoms in total. The molecule has 3 aromatic rings. The lowest BCUT2D eigenvalue weighted by atomic mass is 9.88. The summed E-state index contributed by atoms with van der Waals surface area (Å²) < 4.78 is 16.8. The molecular formula is C29H32N2O7. The summed E-state index contributed by atoms with van der Waals surface area (Å²) in [6.07, 6.45) is 5.80. The van der Waals surface area contributed by atoms with Crippen LogP contribution in [0.15, 0.2) is 59.2 Å². The highest BCUT2D eigenvalue weighted by molar-refractivity contribution is 5.87. The van der Waals surface area contributed by atoms with Gasteiger partial charge in [0.05, 0.1) is 6.61 Å². The van der Waals surface area contributed by atoms with Gasteiger partial charge < -0.3 is 19.2 Å². The Bertz CT molecular complexity index is 1240. The van der Waals surface area contributed by atoms with Gasteiger partial charge in [0.1, 0.15) is 29.0 Å². The molecule has 0 spiro atoms. The van der Waals surface area contributed by atoms with Crippen LogP contribution in [0.1, 0.15) is 63.8 Å². The Hall–Kier alpha value is -4.23. The van der Waals surface area contributed by atoms with Crippen LogP contribution in [-0.2, 0) is 30.3 Å². The summed E-state index contributed by atoms with van der Waals surface area (Å²) in [5.41, 5.74) is 1.84. The molecule has 4 rings (SSSR count). The molecule has 1 heterocycles. The van der Waals surface area contributed by atoms with Crippen LogP contribution in [-0.4, -0.2) is 35.2 Å². The fraction of sp³-hybridized carbons (Fsp3) is 0.379. The Morgan fingerprint density at radius 1 is 1.05 bits per heavy atom. The zero-order chi connectivity index (χ0) is 27.5. The molecular weight excluding hydrogens is 488 g/mol. The third-order valence-corrected chi connectivity index (χ3v) is 6.28. The summed E-state index contributed by atoms with van der Waals surface area (Å²) in [5.74, 6) is 2.12. The average Bonchev–Trinajstić information content (AvgIpc) is 3.64. The SMILES string of the molecule is CCOC(=O)C(CC)(CCc1ccc(Oc2ccc(-c3coc(C4CC4)n3)cc2)cc1)NC(C)=O.O=C=O. The van der Waals surface area contributed by atoms with Crippen molar-refractivity contribution in [2.45, 2.75) is 64.3 Å². The van der Waals surface area contributed by atoms with Gasteiger partial charge in [-0.2, -0.15) is 9.59 Å². The molecule has 1 amide bonds. The minimum atomic E-state index is -1.03. The number of aryl methyl sites for hydroxylation is 1. The van der Waals surface area contributed by atoms with E-state index in [1.165, 1.54) is 6.92 Å². The van der Waals surface area contributed by atoms with E-state index in [9.17, 15) is 9.59 Å². The zero-order valence-electron chi connectivity index (χ0n) is 21.8. The van der Waals surface area contributed by atoms with E-state index in [0.717, 1.165) is 41.3 Å². The highest BCUT2D eigenvalue weighted by Gasteiger charge is 2.38. The van der Waals surface area contributed by atoms with E-state index in [1.54, 1.807) is 13.2 Å². The van der Waals surface area contributed by atoms with Crippen molar-refractivity contribution in [1.82, 2.24) is 10.3 Å². The van der Waals surface area contributed by atoms with Crippen molar-refractivity contribution < 1.29 is 33.1 Å². The van der Waals surface area contributed by atoms with Crippen LogP contribution >= 0.6 is 0 Å². The highest BCUT2D eigenvalue weighted by Crippen LogP contribution is 2.40. The first-order chi connectivity index (χ1) is 18.3. The van der Waals surface area contributed by atoms with E-state index in [4.69, 9.17) is 23.5 Å². The number of aromatic nitrogens is 1. The molecule has 1 unspecified atom stereocenters. The van der Waals surface area contributed by atoms with Crippen molar-refractivity contribution in [1.29, 1.82) is 0 Å². The second-order valence-electron chi connectivity index (χ2n) is 9.04. The molecule has 9 heteroatoms. The molecule has 1 aliphatic rings. The lowest BCUT2D eigenvalue weighted by molar-refractivity contribution is -0.191. The Morgan fingerprint density at radius 3 is 2.18 bits per heavy atom. The summed E-state index contributed by atoms with van der Waals surface area (Å²) in [6.45, 7) is 5.33. The fourth-order valence-electron chi connectivity index (χ4n) is 4.08. The van der Waals surface area contributed by atoms with Crippen LogP contribution in [0.25, 0.3) is 11.3 Å². The van der Waals surface area contributed by atoms with Crippen LogP contribution in [0.5, 0.6) is 11.5 Å². The Kier molecular flexibility index (Phi) is 9.96. The standard InChI is InChI=1S/C28H32N2O5.CO2/c1-4-28(30-19(3)31,27(32)33-5-2)17-16-20-6-12-23(13-7-20)35-24-14-10-21(11-15-24)25-18-34-26(29-25)22-8-9-22;2-1-3/h6-7,10-15,18,22H,4-5,8-9,16-17H2,1-3H3,(H,30,31);. The maximum Gasteiger partial charge on any atom is 0.373 e. The van der Waals surface area contributed by atoms with E-state index < -0.39 is 11.5 Å². The number of hydrogen-bond acceptors (Lipinski definition) is 8. The minimum Gasteiger partial charge on any atom is -0.464 e. The van der Waals surface area contributed by atoms with Crippen molar-refractivity contribution >= 4 is 18.0 Å². The van der Waals surface area contributed by atoms with Gasteiger partial charge in [0.15, 0.2) is 5.89 Å². The maximum atomic E-state index is 12.6. The number of ether oxygens (including phenoxy) is 2. The number of nitrogens with one attached hydrogen (secondary N) is 1. The van der Waals surface area contributed by atoms with Gasteiger partial charge in [0.25, 0.3) is 0 Å². The normalized spacial score (nSPS) is 13.8. The summed E-state index contributed by atoms with van der Waals surface area (Å²) in [7, 11) is 0. The lowest BCUT2D eigenvalue weighted by Gasteiger charge is -2.31. The van der Waals surface area contributed by atoms with E-state index in [1.807, 2.05) is 55.5 Å². The second kappa shape index (κ2) is 13.4. The van der Waals surface area contributed by atoms with Gasteiger partial charge in [-0.3, -0.25) is 4.79 Å². The summed E-state index contributed by atoms with van der Waals surface area (Å²) >= 11 is 0. The van der Waals surface area contributed by atoms with Gasteiger partial charge >= 0.3 is 12.1 Å². The van der Waals surface area contributed by atoms with Crippen LogP contribution in [0.4, 0.5) is 0 Å². The van der Waals surface area contributed by atoms with Crippen LogP contribution in [0, 0.1) is 0 Å². The predicted molar refractivity (Wildman–Crippen MR) is 137 cm³/mol. The first kappa shape index (κ1) is 28.3. The van der Waals surface area contributed by atoms with E-state index >= 15 is 0 Å². The minimum absolute atomic E-state index is 0.249. The highest BCUT2D eigenvalue weighted by atomic mass is 16.5. The number of carbonyl (C=O) groups excluding carboxylic acids is 4. The largest absolute Gasteiger partial charge is 0.464 e. The Labute approximate surface area is 221 Å². The molecule has 0 radical (unpaired) electrons. The monoisotopic (exact) mass is 520 g/mol. The number of rotatable bonds is 11. The molecule has 2 aromatic carbocycles. The number of esters is 1. The molecule has 1 saturated carbocycles. The van der Waals surface area contributed by atoms with Gasteiger partial charge in [0.2, 0.25) is 5.91 Å². The quantitative estimate of drug-likeness (QED) is 0.342. The van der Waals surface area contributed by atoms with E-state index in [0.29, 0.717) is 30.9 Å². The number of amides is 1. The molecule has 1 aromatic heterocycles. The number of benzene rings is 2. The lowest BCUT2D eigenvalue weighted by Crippen LogP contribution is -2.54. The van der Waals surface area contributed by atoms with Crippen molar-refractivity contribution in [2.75, 3.05) is 6.61 Å². The average molecular weight is 521 g/mol. The third-order valence-electron chi connectivity index (χ3n) is 6.28. The summed E-state index contributed by atoms with van der Waals surface area (Å²) in [5, 5.41) is 2.82. The molecule has 1 aliphatic carbocycles. The maximum absolute atomic E-state index is 12.6. The van der Waals surface area contributed by atoms with Gasteiger partial charge in [0, 0.05) is 18.4 Å². The molecule has 38 heavy (non-hydrogen) atoms. The summed E-state index contributed by atoms with van der Waals surface area (Å²) in [4.78, 5) is 45.2. The van der Waals surface area contributed by atoms with Crippen LogP contribution < -0.4 is 10.1 Å². The first-order valence-corrected chi connectivity index (χ1v) is 12.6. The van der Waals surface area contributed by atoms with Gasteiger partial charge in [-0.05, 0) is 81.0 Å². The topological polar surface area (TPSA) is 125 Å². The molecule has 1 fully saturated rings. The Morgan fingerprint density at radius 2 is 1.66 bits per heavy atom. The molecule has 0 bridgehead atoms. The van der Waals surface area contributed by atoms with Crippen molar-refractivity contribution in [2.24, 2.45) is 0 Å². The third kappa shape index (κ3) is 7.63. The molecule has 1 atom stereocenters. The molecule has 200 valence electrons. The number of oxazole rings is 1. The number of hydrogen-bond donors (Lipinski definition) is 1. The van der Waals surface area contributed by atoms with Crippen molar-refractivity contribution in [3.05, 3.63) is 66.2 Å². The second-order valence-corrected chi connectivity index (χ2v) is 9.04. The van der Waals surface area contributed by atoms with Crippen molar-refractivity contribution in [3.63, 3.8) is 0 Å². The molecule has 0 aliphatic heterocycles. The fourth-order valence-corrected chi connectivity index (χ4v) is 4.08. The van der Waals surface area contributed by atoms with Gasteiger partial charge in [-0.15, -0.1) is 0 Å². The van der Waals surface area contributed by atoms with Crippen LogP contribution in [0.2, 0.25) is 0 Å². The smallest absolute Gasteiger partial charge is 0.373 e. The summed E-state index contributed by atoms with van der Waals surface area (Å²) in [6, 6.07) is 15.5. The van der Waals surface area contributed by atoms with E-state index in [2.05, 4.69) is 10.3 Å². The predicted octanol–water partition coefficient (Wildman–Crippen LogP) is 5.21. The molecule has 1 N–H and O–H groups in total. The van der Waals surface area contributed by atoms with Gasteiger partial charge in [-0.25, -0.2) is 9.78 Å². The number of nitrogens with zero attached hydrogens (tertiary/aromatic N) is 1. The van der Waals surface area contributed by atoms with Gasteiger partial charge in [-0.1, -0.05) is 19.1 Å². The first-order valence-electron chi connectivity index (χ1n) is 12.6. The number of carbonyl (C=O) groups is 2.